The Hall–Kier alpha value is -2.44. The molecule has 1 unspecified atom stereocenters. The molecule has 1 heterocycles. The Bertz CT molecular complexity index is 704. The number of guanidine groups is 1. The summed E-state index contributed by atoms with van der Waals surface area (Å²) in [5, 5.41) is 6.26. The molecule has 0 aliphatic heterocycles. The van der Waals surface area contributed by atoms with Crippen LogP contribution in [0.15, 0.2) is 47.6 Å². The van der Waals surface area contributed by atoms with Gasteiger partial charge in [0, 0.05) is 26.0 Å². The number of aliphatic imine (C=N–C) groups is 1. The van der Waals surface area contributed by atoms with Crippen molar-refractivity contribution in [3.05, 3.63) is 59.4 Å². The van der Waals surface area contributed by atoms with Crippen LogP contribution in [0.4, 0.5) is 13.2 Å². The monoisotopic (exact) mass is 338 g/mol. The van der Waals surface area contributed by atoms with E-state index in [4.69, 9.17) is 0 Å². The molecule has 24 heavy (non-hydrogen) atoms. The Labute approximate surface area is 139 Å². The molecule has 1 aromatic carbocycles. The Kier molecular flexibility index (Phi) is 5.54. The number of nitrogens with zero attached hydrogens (tertiary/aromatic N) is 2. The molecule has 0 saturated carbocycles. The molecule has 2 N–H and O–H groups in total. The molecule has 0 radical (unpaired) electrons. The summed E-state index contributed by atoms with van der Waals surface area (Å²) in [6.45, 7) is 2.36. The maximum absolute atomic E-state index is 12.8. The zero-order valence-electron chi connectivity index (χ0n) is 13.9. The van der Waals surface area contributed by atoms with Gasteiger partial charge in [-0.15, -0.1) is 0 Å². The Morgan fingerprint density at radius 2 is 2.00 bits per heavy atom. The highest BCUT2D eigenvalue weighted by Crippen LogP contribution is 2.30. The van der Waals surface area contributed by atoms with Gasteiger partial charge in [0.1, 0.15) is 0 Å². The lowest BCUT2D eigenvalue weighted by Crippen LogP contribution is -2.38. The predicted molar refractivity (Wildman–Crippen MR) is 88.6 cm³/mol. The van der Waals surface area contributed by atoms with Gasteiger partial charge in [0.15, 0.2) is 5.96 Å². The van der Waals surface area contributed by atoms with Gasteiger partial charge in [-0.2, -0.15) is 13.2 Å². The van der Waals surface area contributed by atoms with Crippen molar-refractivity contribution in [1.82, 2.24) is 15.2 Å². The first-order chi connectivity index (χ1) is 11.3. The molecule has 0 saturated heterocycles. The van der Waals surface area contributed by atoms with E-state index in [1.165, 1.54) is 6.07 Å². The Balaban J connectivity index is 2.02. The van der Waals surface area contributed by atoms with Crippen LogP contribution in [-0.2, 0) is 19.8 Å². The lowest BCUT2D eigenvalue weighted by molar-refractivity contribution is -0.137. The molecular formula is C17H21F3N4. The zero-order valence-corrected chi connectivity index (χ0v) is 13.9. The molecule has 7 heteroatoms. The fourth-order valence-corrected chi connectivity index (χ4v) is 2.32. The SMILES string of the molecule is CN=C(NCc1cccn1C)NC(C)c1cccc(C(F)(F)F)c1. The number of hydrogen-bond acceptors (Lipinski definition) is 1. The van der Waals surface area contributed by atoms with E-state index in [0.717, 1.165) is 17.8 Å². The number of rotatable bonds is 4. The fraction of sp³-hybridized carbons (Fsp3) is 0.353. The van der Waals surface area contributed by atoms with Crippen molar-refractivity contribution >= 4 is 5.96 Å². The zero-order chi connectivity index (χ0) is 17.7. The van der Waals surface area contributed by atoms with Crippen molar-refractivity contribution in [2.75, 3.05) is 7.05 Å². The highest BCUT2D eigenvalue weighted by atomic mass is 19.4. The van der Waals surface area contributed by atoms with Crippen molar-refractivity contribution in [2.24, 2.45) is 12.0 Å². The summed E-state index contributed by atoms with van der Waals surface area (Å²) >= 11 is 0. The molecule has 1 aromatic heterocycles. The smallest absolute Gasteiger partial charge is 0.353 e. The second-order valence-corrected chi connectivity index (χ2v) is 5.53. The average molecular weight is 338 g/mol. The highest BCUT2D eigenvalue weighted by molar-refractivity contribution is 5.80. The molecule has 0 aliphatic rings. The van der Waals surface area contributed by atoms with E-state index < -0.39 is 11.7 Å². The Morgan fingerprint density at radius 1 is 1.25 bits per heavy atom. The molecule has 0 fully saturated rings. The Morgan fingerprint density at radius 3 is 2.58 bits per heavy atom. The van der Waals surface area contributed by atoms with Gasteiger partial charge in [-0.25, -0.2) is 0 Å². The highest BCUT2D eigenvalue weighted by Gasteiger charge is 2.30. The third kappa shape index (κ3) is 4.53. The third-order valence-electron chi connectivity index (χ3n) is 3.78. The quantitative estimate of drug-likeness (QED) is 0.662. The summed E-state index contributed by atoms with van der Waals surface area (Å²) in [6, 6.07) is 8.91. The van der Waals surface area contributed by atoms with Crippen LogP contribution in [-0.4, -0.2) is 17.6 Å². The van der Waals surface area contributed by atoms with Gasteiger partial charge in [-0.1, -0.05) is 12.1 Å². The van der Waals surface area contributed by atoms with Gasteiger partial charge >= 0.3 is 6.18 Å². The first kappa shape index (κ1) is 17.9. The molecule has 0 aliphatic carbocycles. The number of hydrogen-bond donors (Lipinski definition) is 2. The molecule has 0 spiro atoms. The average Bonchev–Trinajstić information content (AvgIpc) is 2.95. The first-order valence-corrected chi connectivity index (χ1v) is 7.56. The van der Waals surface area contributed by atoms with Gasteiger partial charge < -0.3 is 15.2 Å². The lowest BCUT2D eigenvalue weighted by Gasteiger charge is -2.19. The summed E-state index contributed by atoms with van der Waals surface area (Å²) < 4.78 is 40.4. The van der Waals surface area contributed by atoms with E-state index in [9.17, 15) is 13.2 Å². The maximum Gasteiger partial charge on any atom is 0.416 e. The molecule has 0 bridgehead atoms. The summed E-state index contributed by atoms with van der Waals surface area (Å²) in [4.78, 5) is 4.12. The van der Waals surface area contributed by atoms with E-state index >= 15 is 0 Å². The van der Waals surface area contributed by atoms with Crippen LogP contribution < -0.4 is 10.6 Å². The van der Waals surface area contributed by atoms with Crippen LogP contribution in [0.2, 0.25) is 0 Å². The maximum atomic E-state index is 12.8. The van der Waals surface area contributed by atoms with Crippen LogP contribution >= 0.6 is 0 Å². The second-order valence-electron chi connectivity index (χ2n) is 5.53. The summed E-state index contributed by atoms with van der Waals surface area (Å²) in [6.07, 6.45) is -2.40. The minimum absolute atomic E-state index is 0.313. The molecule has 0 amide bonds. The first-order valence-electron chi connectivity index (χ1n) is 7.56. The van der Waals surface area contributed by atoms with Crippen molar-refractivity contribution < 1.29 is 13.2 Å². The van der Waals surface area contributed by atoms with Crippen LogP contribution in [0, 0.1) is 0 Å². The normalized spacial score (nSPS) is 13.7. The van der Waals surface area contributed by atoms with Gasteiger partial charge in [-0.3, -0.25) is 4.99 Å². The molecule has 2 rings (SSSR count). The lowest BCUT2D eigenvalue weighted by atomic mass is 10.1. The minimum Gasteiger partial charge on any atom is -0.353 e. The number of aryl methyl sites for hydroxylation is 1. The van der Waals surface area contributed by atoms with Crippen molar-refractivity contribution in [2.45, 2.75) is 25.7 Å². The molecule has 130 valence electrons. The van der Waals surface area contributed by atoms with E-state index in [0.29, 0.717) is 18.1 Å². The fourth-order valence-electron chi connectivity index (χ4n) is 2.32. The van der Waals surface area contributed by atoms with Crippen molar-refractivity contribution in [3.63, 3.8) is 0 Å². The summed E-state index contributed by atoms with van der Waals surface area (Å²) in [5.74, 6) is 0.529. The van der Waals surface area contributed by atoms with Crippen LogP contribution in [0.5, 0.6) is 0 Å². The van der Waals surface area contributed by atoms with Gasteiger partial charge in [-0.05, 0) is 36.8 Å². The standard InChI is InChI=1S/C17H21F3N4/c1-12(13-6-4-7-14(10-13)17(18,19)20)23-16(21-2)22-11-15-8-5-9-24(15)3/h4-10,12H,11H2,1-3H3,(H2,21,22,23). The second kappa shape index (κ2) is 7.42. The topological polar surface area (TPSA) is 41.4 Å². The molecule has 1 atom stereocenters. The molecular weight excluding hydrogens is 317 g/mol. The summed E-state index contributed by atoms with van der Waals surface area (Å²) in [7, 11) is 3.57. The number of aromatic nitrogens is 1. The largest absolute Gasteiger partial charge is 0.416 e. The van der Waals surface area contributed by atoms with Crippen molar-refractivity contribution in [3.8, 4) is 0 Å². The van der Waals surface area contributed by atoms with E-state index in [-0.39, 0.29) is 6.04 Å². The van der Waals surface area contributed by atoms with Crippen LogP contribution in [0.25, 0.3) is 0 Å². The van der Waals surface area contributed by atoms with Gasteiger partial charge in [0.05, 0.1) is 18.2 Å². The van der Waals surface area contributed by atoms with Gasteiger partial charge in [0.25, 0.3) is 0 Å². The van der Waals surface area contributed by atoms with Crippen LogP contribution in [0.1, 0.15) is 29.8 Å². The molecule has 2 aromatic rings. The number of alkyl halides is 3. The van der Waals surface area contributed by atoms with E-state index in [1.54, 1.807) is 20.0 Å². The van der Waals surface area contributed by atoms with Gasteiger partial charge in [0.2, 0.25) is 0 Å². The third-order valence-corrected chi connectivity index (χ3v) is 3.78. The minimum atomic E-state index is -4.35. The summed E-state index contributed by atoms with van der Waals surface area (Å²) in [5.41, 5.74) is 0.969. The van der Waals surface area contributed by atoms with Crippen molar-refractivity contribution in [1.29, 1.82) is 0 Å². The van der Waals surface area contributed by atoms with E-state index in [1.807, 2.05) is 29.9 Å². The number of benzene rings is 1. The van der Waals surface area contributed by atoms with Crippen LogP contribution in [0.3, 0.4) is 0 Å². The predicted octanol–water partition coefficient (Wildman–Crippen LogP) is 3.47. The van der Waals surface area contributed by atoms with E-state index in [2.05, 4.69) is 15.6 Å². The molecule has 4 nitrogen and oxygen atoms in total. The number of nitrogens with one attached hydrogen (secondary N) is 2. The number of halogens is 3.